The first kappa shape index (κ1) is 14.6. The summed E-state index contributed by atoms with van der Waals surface area (Å²) in [6.45, 7) is 4.19. The molecular weight excluding hydrogens is 258 g/mol. The van der Waals surface area contributed by atoms with Crippen LogP contribution in [0.3, 0.4) is 0 Å². The maximum Gasteiger partial charge on any atom is 0.0459 e. The molecule has 1 aromatic carbocycles. The Balaban J connectivity index is 2.23. The number of benzene rings is 1. The van der Waals surface area contributed by atoms with Crippen LogP contribution in [0.2, 0.25) is 5.02 Å². The number of nitrogens with two attached hydrogens (primary N) is 1. The highest BCUT2D eigenvalue weighted by atomic mass is 35.5. The molecule has 1 aromatic rings. The van der Waals surface area contributed by atoms with Crippen LogP contribution in [0, 0.1) is 0 Å². The first-order valence-corrected chi connectivity index (χ1v) is 7.31. The predicted molar refractivity (Wildman–Crippen MR) is 83.1 cm³/mol. The number of nitrogens with zero attached hydrogens (tertiary/aromatic N) is 2. The summed E-state index contributed by atoms with van der Waals surface area (Å²) in [5, 5.41) is 0.836. The summed E-state index contributed by atoms with van der Waals surface area (Å²) in [7, 11) is 4.30. The third-order valence-corrected chi connectivity index (χ3v) is 4.21. The monoisotopic (exact) mass is 281 g/mol. The number of hydrogen-bond donors (Lipinski definition) is 1. The van der Waals surface area contributed by atoms with E-state index in [4.69, 9.17) is 17.3 Å². The Morgan fingerprint density at radius 1 is 1.47 bits per heavy atom. The van der Waals surface area contributed by atoms with Gasteiger partial charge in [0.15, 0.2) is 0 Å². The molecule has 1 saturated heterocycles. The van der Waals surface area contributed by atoms with Crippen molar-refractivity contribution in [3.05, 3.63) is 28.8 Å². The van der Waals surface area contributed by atoms with E-state index in [1.54, 1.807) is 0 Å². The van der Waals surface area contributed by atoms with Gasteiger partial charge in [0.25, 0.3) is 0 Å². The van der Waals surface area contributed by atoms with E-state index in [0.29, 0.717) is 6.04 Å². The molecule has 1 aliphatic heterocycles. The van der Waals surface area contributed by atoms with Crippen molar-refractivity contribution in [1.29, 1.82) is 0 Å². The largest absolute Gasteiger partial charge is 0.370 e. The summed E-state index contributed by atoms with van der Waals surface area (Å²) in [5.74, 6) is 0. The molecule has 0 saturated carbocycles. The van der Waals surface area contributed by atoms with Crippen molar-refractivity contribution in [1.82, 2.24) is 4.90 Å². The molecule has 2 atom stereocenters. The molecular formula is C15H24ClN3. The maximum atomic E-state index is 6.36. The van der Waals surface area contributed by atoms with Gasteiger partial charge in [-0.05, 0) is 51.6 Å². The lowest BCUT2D eigenvalue weighted by atomic mass is 10.0. The Morgan fingerprint density at radius 3 is 2.79 bits per heavy atom. The number of halogens is 1. The van der Waals surface area contributed by atoms with Crippen molar-refractivity contribution < 1.29 is 0 Å². The van der Waals surface area contributed by atoms with E-state index in [1.807, 2.05) is 19.1 Å². The third-order valence-electron chi connectivity index (χ3n) is 3.85. The van der Waals surface area contributed by atoms with Crippen molar-refractivity contribution in [3.8, 4) is 0 Å². The highest BCUT2D eigenvalue weighted by Crippen LogP contribution is 2.31. The van der Waals surface area contributed by atoms with Gasteiger partial charge in [0.1, 0.15) is 0 Å². The van der Waals surface area contributed by atoms with Crippen molar-refractivity contribution >= 4 is 17.3 Å². The highest BCUT2D eigenvalue weighted by Gasteiger charge is 2.26. The summed E-state index contributed by atoms with van der Waals surface area (Å²) >= 11 is 6.36. The van der Waals surface area contributed by atoms with Crippen LogP contribution in [0.1, 0.15) is 18.9 Å². The van der Waals surface area contributed by atoms with E-state index >= 15 is 0 Å². The Kier molecular flexibility index (Phi) is 4.71. The topological polar surface area (TPSA) is 32.5 Å². The molecule has 106 valence electrons. The Morgan fingerprint density at radius 2 is 2.21 bits per heavy atom. The number of likely N-dealkylation sites (N-methyl/N-ethyl adjacent to an activating group) is 1. The van der Waals surface area contributed by atoms with Gasteiger partial charge in [-0.2, -0.15) is 0 Å². The zero-order chi connectivity index (χ0) is 14.0. The number of hydrogen-bond acceptors (Lipinski definition) is 3. The Hall–Kier alpha value is -0.770. The smallest absolute Gasteiger partial charge is 0.0459 e. The van der Waals surface area contributed by atoms with Crippen molar-refractivity contribution in [3.63, 3.8) is 0 Å². The summed E-state index contributed by atoms with van der Waals surface area (Å²) in [6.07, 6.45) is 2.04. The molecule has 0 spiro atoms. The van der Waals surface area contributed by atoms with Gasteiger partial charge in [-0.3, -0.25) is 0 Å². The average molecular weight is 282 g/mol. The molecule has 1 fully saturated rings. The Bertz CT molecular complexity index is 431. The normalized spacial score (nSPS) is 21.2. The molecule has 2 unspecified atom stereocenters. The first-order chi connectivity index (χ1) is 8.99. The van der Waals surface area contributed by atoms with E-state index in [1.165, 1.54) is 17.7 Å². The molecule has 0 radical (unpaired) electrons. The van der Waals surface area contributed by atoms with Crippen LogP contribution in [-0.2, 0) is 6.42 Å². The molecule has 1 heterocycles. The van der Waals surface area contributed by atoms with E-state index in [9.17, 15) is 0 Å². The van der Waals surface area contributed by atoms with Crippen LogP contribution in [0.25, 0.3) is 0 Å². The van der Waals surface area contributed by atoms with Crippen molar-refractivity contribution in [2.45, 2.75) is 31.8 Å². The highest BCUT2D eigenvalue weighted by molar-refractivity contribution is 6.31. The van der Waals surface area contributed by atoms with E-state index in [2.05, 4.69) is 30.0 Å². The maximum absolute atomic E-state index is 6.36. The second-order valence-corrected chi connectivity index (χ2v) is 6.18. The Labute approximate surface area is 121 Å². The molecule has 19 heavy (non-hydrogen) atoms. The molecule has 2 N–H and O–H groups in total. The molecule has 0 aliphatic carbocycles. The summed E-state index contributed by atoms with van der Waals surface area (Å²) in [5.41, 5.74) is 8.40. The van der Waals surface area contributed by atoms with Gasteiger partial charge in [-0.15, -0.1) is 0 Å². The molecule has 2 rings (SSSR count). The van der Waals surface area contributed by atoms with Gasteiger partial charge >= 0.3 is 0 Å². The van der Waals surface area contributed by atoms with E-state index in [-0.39, 0.29) is 6.04 Å². The lowest BCUT2D eigenvalue weighted by molar-refractivity contribution is 0.315. The van der Waals surface area contributed by atoms with E-state index in [0.717, 1.165) is 24.5 Å². The minimum absolute atomic E-state index is 0.130. The van der Waals surface area contributed by atoms with Crippen LogP contribution in [0.15, 0.2) is 18.2 Å². The zero-order valence-electron chi connectivity index (χ0n) is 12.1. The fraction of sp³-hybridized carbons (Fsp3) is 0.600. The van der Waals surface area contributed by atoms with Gasteiger partial charge in [0.2, 0.25) is 0 Å². The second-order valence-electron chi connectivity index (χ2n) is 5.77. The second kappa shape index (κ2) is 6.12. The minimum atomic E-state index is 0.130. The zero-order valence-corrected chi connectivity index (χ0v) is 12.8. The number of anilines is 1. The average Bonchev–Trinajstić information content (AvgIpc) is 2.80. The first-order valence-electron chi connectivity index (χ1n) is 6.93. The fourth-order valence-corrected chi connectivity index (χ4v) is 3.00. The molecule has 0 amide bonds. The quantitative estimate of drug-likeness (QED) is 0.920. The standard InChI is InChI=1S/C15H24ClN3/c1-11(17)9-13-14(16)5-4-6-15(13)19-8-7-12(10-19)18(2)3/h4-6,11-12H,7-10,17H2,1-3H3. The van der Waals surface area contributed by atoms with Gasteiger partial charge in [-0.1, -0.05) is 17.7 Å². The SMILES string of the molecule is CC(N)Cc1c(Cl)cccc1N1CCC(N(C)C)C1. The lowest BCUT2D eigenvalue weighted by Gasteiger charge is -2.25. The molecule has 3 nitrogen and oxygen atoms in total. The van der Waals surface area contributed by atoms with Crippen molar-refractivity contribution in [2.24, 2.45) is 5.73 Å². The molecule has 1 aliphatic rings. The van der Waals surface area contributed by atoms with Crippen LogP contribution in [0.4, 0.5) is 5.69 Å². The fourth-order valence-electron chi connectivity index (χ4n) is 2.75. The van der Waals surface area contributed by atoms with Gasteiger partial charge < -0.3 is 15.5 Å². The molecule has 0 bridgehead atoms. The van der Waals surface area contributed by atoms with Crippen LogP contribution < -0.4 is 10.6 Å². The minimum Gasteiger partial charge on any atom is -0.370 e. The predicted octanol–water partition coefficient (Wildman–Crippen LogP) is 2.37. The third kappa shape index (κ3) is 3.41. The van der Waals surface area contributed by atoms with Crippen LogP contribution in [-0.4, -0.2) is 44.2 Å². The molecule has 4 heteroatoms. The summed E-state index contributed by atoms with van der Waals surface area (Å²) in [4.78, 5) is 4.74. The lowest BCUT2D eigenvalue weighted by Crippen LogP contribution is -2.32. The van der Waals surface area contributed by atoms with Gasteiger partial charge in [0, 0.05) is 35.9 Å². The molecule has 0 aromatic heterocycles. The summed E-state index contributed by atoms with van der Waals surface area (Å²) in [6, 6.07) is 6.92. The van der Waals surface area contributed by atoms with Crippen molar-refractivity contribution in [2.75, 3.05) is 32.1 Å². The number of rotatable bonds is 4. The van der Waals surface area contributed by atoms with E-state index < -0.39 is 0 Å². The van der Waals surface area contributed by atoms with Crippen LogP contribution >= 0.6 is 11.6 Å². The summed E-state index contributed by atoms with van der Waals surface area (Å²) < 4.78 is 0. The van der Waals surface area contributed by atoms with Gasteiger partial charge in [-0.25, -0.2) is 0 Å². The van der Waals surface area contributed by atoms with Gasteiger partial charge in [0.05, 0.1) is 0 Å². The van der Waals surface area contributed by atoms with Crippen LogP contribution in [0.5, 0.6) is 0 Å².